The number of carbonyl (C=O) groups excluding carboxylic acids is 2. The molecule has 1 aliphatic rings. The zero-order valence-electron chi connectivity index (χ0n) is 8.16. The van der Waals surface area contributed by atoms with E-state index in [1.807, 2.05) is 6.92 Å². The molecule has 0 radical (unpaired) electrons. The number of ketones is 1. The van der Waals surface area contributed by atoms with Crippen LogP contribution in [0.2, 0.25) is 0 Å². The van der Waals surface area contributed by atoms with E-state index in [0.29, 0.717) is 6.42 Å². The average molecular weight is 182 g/mol. The highest BCUT2D eigenvalue weighted by Crippen LogP contribution is 2.29. The van der Waals surface area contributed by atoms with Crippen molar-refractivity contribution in [2.24, 2.45) is 11.8 Å². The largest absolute Gasteiger partial charge is 0.469 e. The highest BCUT2D eigenvalue weighted by Gasteiger charge is 2.32. The van der Waals surface area contributed by atoms with Crippen molar-refractivity contribution < 1.29 is 14.3 Å². The van der Waals surface area contributed by atoms with Crippen LogP contribution in [0.25, 0.3) is 0 Å². The van der Waals surface area contributed by atoms with E-state index in [9.17, 15) is 9.59 Å². The third-order valence-electron chi connectivity index (χ3n) is 2.43. The minimum atomic E-state index is -0.242. The Labute approximate surface area is 77.8 Å². The van der Waals surface area contributed by atoms with Crippen LogP contribution in [0.15, 0.2) is 11.6 Å². The maximum Gasteiger partial charge on any atom is 0.313 e. The van der Waals surface area contributed by atoms with Gasteiger partial charge in [-0.3, -0.25) is 9.59 Å². The molecule has 0 amide bonds. The summed E-state index contributed by atoms with van der Waals surface area (Å²) in [4.78, 5) is 22.4. The van der Waals surface area contributed by atoms with Crippen molar-refractivity contribution in [1.82, 2.24) is 0 Å². The molecule has 1 rings (SSSR count). The second-order valence-corrected chi connectivity index (χ2v) is 3.54. The van der Waals surface area contributed by atoms with Gasteiger partial charge in [-0.1, -0.05) is 12.5 Å². The van der Waals surface area contributed by atoms with Crippen molar-refractivity contribution in [3.8, 4) is 0 Å². The maximum absolute atomic E-state index is 11.3. The number of allylic oxidation sites excluding steroid dienone is 1. The summed E-state index contributed by atoms with van der Waals surface area (Å²) in [6.45, 7) is 3.70. The summed E-state index contributed by atoms with van der Waals surface area (Å²) in [5.41, 5.74) is 0.815. The topological polar surface area (TPSA) is 43.4 Å². The third kappa shape index (κ3) is 1.97. The van der Waals surface area contributed by atoms with Gasteiger partial charge in [0.25, 0.3) is 0 Å². The van der Waals surface area contributed by atoms with E-state index in [2.05, 4.69) is 4.74 Å². The van der Waals surface area contributed by atoms with E-state index >= 15 is 0 Å². The van der Waals surface area contributed by atoms with Gasteiger partial charge in [-0.15, -0.1) is 0 Å². The Balaban J connectivity index is 2.90. The van der Waals surface area contributed by atoms with Gasteiger partial charge in [-0.2, -0.15) is 0 Å². The van der Waals surface area contributed by atoms with Gasteiger partial charge in [0.1, 0.15) is 0 Å². The maximum atomic E-state index is 11.3. The molecule has 0 spiro atoms. The van der Waals surface area contributed by atoms with Gasteiger partial charge in [-0.25, -0.2) is 0 Å². The molecule has 0 saturated heterocycles. The molecule has 0 N–H and O–H groups in total. The van der Waals surface area contributed by atoms with Crippen LogP contribution in [0.4, 0.5) is 0 Å². The molecule has 2 atom stereocenters. The fraction of sp³-hybridized carbons (Fsp3) is 0.600. The van der Waals surface area contributed by atoms with Gasteiger partial charge in [0, 0.05) is 6.42 Å². The van der Waals surface area contributed by atoms with E-state index in [-0.39, 0.29) is 23.6 Å². The lowest BCUT2D eigenvalue weighted by Gasteiger charge is -2.25. The Morgan fingerprint density at radius 1 is 1.62 bits per heavy atom. The number of methoxy groups -OCH3 is 1. The summed E-state index contributed by atoms with van der Waals surface area (Å²) in [5, 5.41) is 0. The Morgan fingerprint density at radius 3 is 2.69 bits per heavy atom. The molecule has 72 valence electrons. The van der Waals surface area contributed by atoms with Crippen LogP contribution in [0.1, 0.15) is 20.3 Å². The van der Waals surface area contributed by atoms with Gasteiger partial charge in [0.2, 0.25) is 0 Å². The van der Waals surface area contributed by atoms with Crippen LogP contribution >= 0.6 is 0 Å². The number of hydrogen-bond acceptors (Lipinski definition) is 3. The minimum absolute atomic E-state index is 0.0601. The van der Waals surface area contributed by atoms with E-state index in [4.69, 9.17) is 0 Å². The van der Waals surface area contributed by atoms with Gasteiger partial charge < -0.3 is 4.74 Å². The van der Waals surface area contributed by atoms with Gasteiger partial charge in [-0.05, 0) is 18.9 Å². The van der Waals surface area contributed by atoms with Gasteiger partial charge >= 0.3 is 5.97 Å². The molecule has 2 unspecified atom stereocenters. The molecular formula is C10H14O3. The molecule has 0 aromatic heterocycles. The van der Waals surface area contributed by atoms with Crippen LogP contribution in [-0.4, -0.2) is 18.9 Å². The fourth-order valence-electron chi connectivity index (χ4n) is 1.83. The summed E-state index contributed by atoms with van der Waals surface area (Å²) < 4.78 is 4.67. The zero-order chi connectivity index (χ0) is 10.0. The number of rotatable bonds is 1. The van der Waals surface area contributed by atoms with Crippen LogP contribution in [0.3, 0.4) is 0 Å². The Morgan fingerprint density at radius 2 is 2.23 bits per heavy atom. The van der Waals surface area contributed by atoms with Crippen LogP contribution in [0.5, 0.6) is 0 Å². The standard InChI is InChI=1S/C10H14O3/c1-6-4-8(11)5-7(2)9(6)10(12)13-3/h4,7,9H,5H2,1-3H3. The smallest absolute Gasteiger partial charge is 0.313 e. The predicted molar refractivity (Wildman–Crippen MR) is 48.1 cm³/mol. The number of carbonyl (C=O) groups is 2. The lowest BCUT2D eigenvalue weighted by atomic mass is 9.80. The summed E-state index contributed by atoms with van der Waals surface area (Å²) in [6, 6.07) is 0. The number of hydrogen-bond donors (Lipinski definition) is 0. The highest BCUT2D eigenvalue weighted by atomic mass is 16.5. The molecular weight excluding hydrogens is 168 g/mol. The van der Waals surface area contributed by atoms with Gasteiger partial charge in [0.05, 0.1) is 13.0 Å². The van der Waals surface area contributed by atoms with E-state index in [0.717, 1.165) is 5.57 Å². The second-order valence-electron chi connectivity index (χ2n) is 3.54. The first-order valence-corrected chi connectivity index (χ1v) is 4.35. The van der Waals surface area contributed by atoms with Crippen molar-refractivity contribution in [3.63, 3.8) is 0 Å². The molecule has 0 heterocycles. The quantitative estimate of drug-likeness (QED) is 0.574. The summed E-state index contributed by atoms with van der Waals surface area (Å²) in [7, 11) is 1.37. The van der Waals surface area contributed by atoms with E-state index in [1.54, 1.807) is 13.0 Å². The Bertz CT molecular complexity index is 265. The molecule has 0 aromatic carbocycles. The molecule has 0 saturated carbocycles. The minimum Gasteiger partial charge on any atom is -0.469 e. The number of ether oxygens (including phenoxy) is 1. The van der Waals surface area contributed by atoms with Crippen LogP contribution in [-0.2, 0) is 14.3 Å². The van der Waals surface area contributed by atoms with E-state index in [1.165, 1.54) is 7.11 Å². The average Bonchev–Trinajstić information content (AvgIpc) is 2.02. The monoisotopic (exact) mass is 182 g/mol. The van der Waals surface area contributed by atoms with Crippen molar-refractivity contribution in [2.75, 3.05) is 7.11 Å². The predicted octanol–water partition coefficient (Wildman–Crippen LogP) is 1.33. The van der Waals surface area contributed by atoms with Gasteiger partial charge in [0.15, 0.2) is 5.78 Å². The van der Waals surface area contributed by atoms with Crippen LogP contribution < -0.4 is 0 Å². The molecule has 13 heavy (non-hydrogen) atoms. The van der Waals surface area contributed by atoms with Crippen molar-refractivity contribution in [3.05, 3.63) is 11.6 Å². The number of esters is 1. The van der Waals surface area contributed by atoms with E-state index < -0.39 is 0 Å². The molecule has 1 aliphatic carbocycles. The molecule has 3 heteroatoms. The lowest BCUT2D eigenvalue weighted by Crippen LogP contribution is -2.29. The first-order valence-electron chi connectivity index (χ1n) is 4.35. The molecule has 0 fully saturated rings. The fourth-order valence-corrected chi connectivity index (χ4v) is 1.83. The lowest BCUT2D eigenvalue weighted by molar-refractivity contribution is -0.146. The summed E-state index contributed by atoms with van der Waals surface area (Å²) >= 11 is 0. The first kappa shape index (κ1) is 9.96. The normalized spacial score (nSPS) is 28.2. The second kappa shape index (κ2) is 3.73. The third-order valence-corrected chi connectivity index (χ3v) is 2.43. The molecule has 0 bridgehead atoms. The summed E-state index contributed by atoms with van der Waals surface area (Å²) in [5.74, 6) is -0.313. The molecule has 0 aromatic rings. The van der Waals surface area contributed by atoms with Crippen LogP contribution in [0, 0.1) is 11.8 Å². The molecule has 3 nitrogen and oxygen atoms in total. The van der Waals surface area contributed by atoms with Crippen molar-refractivity contribution >= 4 is 11.8 Å². The Hall–Kier alpha value is -1.12. The first-order chi connectivity index (χ1) is 6.06. The van der Waals surface area contributed by atoms with Crippen molar-refractivity contribution in [2.45, 2.75) is 20.3 Å². The zero-order valence-corrected chi connectivity index (χ0v) is 8.16. The Kier molecular flexibility index (Phi) is 2.86. The SMILES string of the molecule is COC(=O)C1C(C)=CC(=O)CC1C. The summed E-state index contributed by atoms with van der Waals surface area (Å²) in [6.07, 6.45) is 1.98. The molecule has 0 aliphatic heterocycles. The highest BCUT2D eigenvalue weighted by molar-refractivity contribution is 5.94. The van der Waals surface area contributed by atoms with Crippen molar-refractivity contribution in [1.29, 1.82) is 0 Å².